The summed E-state index contributed by atoms with van der Waals surface area (Å²) in [6.45, 7) is 3.15. The number of hydrogen-bond acceptors (Lipinski definition) is 4. The van der Waals surface area contributed by atoms with E-state index in [-0.39, 0.29) is 34.6 Å². The van der Waals surface area contributed by atoms with Gasteiger partial charge in [0.1, 0.15) is 12.6 Å². The van der Waals surface area contributed by atoms with Crippen molar-refractivity contribution in [3.63, 3.8) is 0 Å². The third-order valence-corrected chi connectivity index (χ3v) is 7.37. The van der Waals surface area contributed by atoms with Gasteiger partial charge in [-0.15, -0.1) is 0 Å². The number of nitrogens with one attached hydrogen (secondary N) is 1. The minimum absolute atomic E-state index is 0.0480. The molecule has 0 saturated heterocycles. The van der Waals surface area contributed by atoms with Crippen LogP contribution >= 0.6 is 46.4 Å². The van der Waals surface area contributed by atoms with Crippen LogP contribution in [0.4, 0.5) is 5.69 Å². The molecule has 1 atom stereocenters. The van der Waals surface area contributed by atoms with Crippen molar-refractivity contribution in [3.05, 3.63) is 62.1 Å². The van der Waals surface area contributed by atoms with Gasteiger partial charge < -0.3 is 10.2 Å². The highest BCUT2D eigenvalue weighted by Crippen LogP contribution is 2.31. The number of anilines is 1. The SMILES string of the molecule is CCNC(=O)[C@H](CC)N(Cc1c(Cl)cccc1Cl)C(=O)CN(c1cc(Cl)ccc1Cl)S(C)(=O)=O. The second kappa shape index (κ2) is 12.3. The van der Waals surface area contributed by atoms with Gasteiger partial charge in [-0.3, -0.25) is 13.9 Å². The maximum absolute atomic E-state index is 13.6. The van der Waals surface area contributed by atoms with E-state index in [2.05, 4.69) is 5.32 Å². The van der Waals surface area contributed by atoms with Gasteiger partial charge in [-0.2, -0.15) is 0 Å². The van der Waals surface area contributed by atoms with E-state index >= 15 is 0 Å². The Labute approximate surface area is 220 Å². The molecular formula is C22H25Cl4N3O4S. The van der Waals surface area contributed by atoms with Crippen LogP contribution in [-0.4, -0.2) is 50.5 Å². The zero-order valence-electron chi connectivity index (χ0n) is 18.8. The van der Waals surface area contributed by atoms with E-state index in [4.69, 9.17) is 46.4 Å². The van der Waals surface area contributed by atoms with Crippen LogP contribution in [0, 0.1) is 0 Å². The lowest BCUT2D eigenvalue weighted by molar-refractivity contribution is -0.140. The van der Waals surface area contributed by atoms with Crippen molar-refractivity contribution in [2.24, 2.45) is 0 Å². The van der Waals surface area contributed by atoms with Gasteiger partial charge in [-0.05, 0) is 43.7 Å². The van der Waals surface area contributed by atoms with Gasteiger partial charge >= 0.3 is 0 Å². The van der Waals surface area contributed by atoms with Crippen molar-refractivity contribution < 1.29 is 18.0 Å². The molecule has 2 amide bonds. The Morgan fingerprint density at radius 1 is 1.00 bits per heavy atom. The molecular weight excluding hydrogens is 544 g/mol. The van der Waals surface area contributed by atoms with Crippen molar-refractivity contribution >= 4 is 73.9 Å². The third kappa shape index (κ3) is 7.15. The van der Waals surface area contributed by atoms with Crippen molar-refractivity contribution in [2.45, 2.75) is 32.9 Å². The number of hydrogen-bond donors (Lipinski definition) is 1. The number of nitrogens with zero attached hydrogens (tertiary/aromatic N) is 2. The van der Waals surface area contributed by atoms with Crippen LogP contribution in [0.25, 0.3) is 0 Å². The quantitative estimate of drug-likeness (QED) is 0.436. The summed E-state index contributed by atoms with van der Waals surface area (Å²) in [5, 5.41) is 3.68. The molecule has 0 unspecified atom stereocenters. The summed E-state index contributed by atoms with van der Waals surface area (Å²) in [5.41, 5.74) is 0.487. The first-order valence-corrected chi connectivity index (χ1v) is 13.7. The van der Waals surface area contributed by atoms with E-state index in [1.165, 1.54) is 23.1 Å². The maximum atomic E-state index is 13.6. The fourth-order valence-electron chi connectivity index (χ4n) is 3.34. The number of rotatable bonds is 10. The largest absolute Gasteiger partial charge is 0.355 e. The van der Waals surface area contributed by atoms with Crippen molar-refractivity contribution in [1.29, 1.82) is 0 Å². The van der Waals surface area contributed by atoms with Crippen LogP contribution in [-0.2, 0) is 26.2 Å². The van der Waals surface area contributed by atoms with Gasteiger partial charge in [0.25, 0.3) is 0 Å². The molecule has 12 heteroatoms. The molecule has 0 spiro atoms. The average molecular weight is 569 g/mol. The Morgan fingerprint density at radius 3 is 2.15 bits per heavy atom. The molecule has 0 heterocycles. The fourth-order valence-corrected chi connectivity index (χ4v) is 5.14. The Kier molecular flexibility index (Phi) is 10.3. The number of benzene rings is 2. The van der Waals surface area contributed by atoms with Gasteiger partial charge in [-0.25, -0.2) is 8.42 Å². The molecule has 7 nitrogen and oxygen atoms in total. The molecule has 34 heavy (non-hydrogen) atoms. The molecule has 0 radical (unpaired) electrons. The van der Waals surface area contributed by atoms with Gasteiger partial charge in [-0.1, -0.05) is 59.4 Å². The Morgan fingerprint density at radius 2 is 1.62 bits per heavy atom. The second-order valence-corrected chi connectivity index (χ2v) is 11.0. The van der Waals surface area contributed by atoms with Crippen LogP contribution in [0.1, 0.15) is 25.8 Å². The first-order valence-electron chi connectivity index (χ1n) is 10.3. The molecule has 0 aromatic heterocycles. The predicted octanol–water partition coefficient (Wildman–Crippen LogP) is 5.01. The standard InChI is InChI=1S/C22H25Cl4N3O4S/c1-4-19(22(31)27-5-2)28(12-15-16(24)7-6-8-17(15)25)21(30)13-29(34(3,32)33)20-11-14(23)9-10-18(20)26/h6-11,19H,4-5,12-13H2,1-3H3,(H,27,31)/t19-/m0/s1. The lowest BCUT2D eigenvalue weighted by atomic mass is 10.1. The van der Waals surface area contributed by atoms with Crippen LogP contribution in [0.2, 0.25) is 20.1 Å². The lowest BCUT2D eigenvalue weighted by Crippen LogP contribution is -2.52. The number of carbonyl (C=O) groups is 2. The van der Waals surface area contributed by atoms with Crippen LogP contribution in [0.5, 0.6) is 0 Å². The summed E-state index contributed by atoms with van der Waals surface area (Å²) in [6.07, 6.45) is 1.23. The summed E-state index contributed by atoms with van der Waals surface area (Å²) in [7, 11) is -3.95. The van der Waals surface area contributed by atoms with Crippen LogP contribution < -0.4 is 9.62 Å². The highest BCUT2D eigenvalue weighted by Gasteiger charge is 2.33. The molecule has 0 fully saturated rings. The molecule has 2 aromatic carbocycles. The summed E-state index contributed by atoms with van der Waals surface area (Å²) >= 11 is 24.9. The molecule has 186 valence electrons. The van der Waals surface area contributed by atoms with E-state index in [1.807, 2.05) is 0 Å². The zero-order valence-corrected chi connectivity index (χ0v) is 22.7. The third-order valence-electron chi connectivity index (χ3n) is 4.98. The molecule has 0 aliphatic carbocycles. The lowest BCUT2D eigenvalue weighted by Gasteiger charge is -2.33. The number of sulfonamides is 1. The molecule has 0 bridgehead atoms. The van der Waals surface area contributed by atoms with Crippen LogP contribution in [0.15, 0.2) is 36.4 Å². The summed E-state index contributed by atoms with van der Waals surface area (Å²) in [5.74, 6) is -1.02. The number of amides is 2. The topological polar surface area (TPSA) is 86.8 Å². The van der Waals surface area contributed by atoms with E-state index in [0.717, 1.165) is 10.6 Å². The monoisotopic (exact) mass is 567 g/mol. The Hall–Kier alpha value is -1.71. The fraction of sp³-hybridized carbons (Fsp3) is 0.364. The summed E-state index contributed by atoms with van der Waals surface area (Å²) < 4.78 is 26.1. The van der Waals surface area contributed by atoms with Crippen molar-refractivity contribution in [1.82, 2.24) is 10.2 Å². The highest BCUT2D eigenvalue weighted by atomic mass is 35.5. The molecule has 0 saturated carbocycles. The molecule has 0 aliphatic rings. The maximum Gasteiger partial charge on any atom is 0.244 e. The van der Waals surface area contributed by atoms with Crippen molar-refractivity contribution in [3.8, 4) is 0 Å². The van der Waals surface area contributed by atoms with E-state index in [0.29, 0.717) is 22.2 Å². The average Bonchev–Trinajstić information content (AvgIpc) is 2.75. The van der Waals surface area contributed by atoms with Crippen LogP contribution in [0.3, 0.4) is 0 Å². The normalized spacial score (nSPS) is 12.2. The first-order chi connectivity index (χ1) is 15.9. The number of carbonyl (C=O) groups excluding carboxylic acids is 2. The van der Waals surface area contributed by atoms with Gasteiger partial charge in [0.2, 0.25) is 21.8 Å². The summed E-state index contributed by atoms with van der Waals surface area (Å²) in [6, 6.07) is 8.30. The molecule has 1 N–H and O–H groups in total. The smallest absolute Gasteiger partial charge is 0.244 e. The molecule has 2 rings (SSSR count). The molecule has 2 aromatic rings. The minimum Gasteiger partial charge on any atom is -0.355 e. The summed E-state index contributed by atoms with van der Waals surface area (Å²) in [4.78, 5) is 27.6. The Balaban J connectivity index is 2.54. The van der Waals surface area contributed by atoms with Gasteiger partial charge in [0, 0.05) is 33.7 Å². The van der Waals surface area contributed by atoms with E-state index in [9.17, 15) is 18.0 Å². The van der Waals surface area contributed by atoms with Gasteiger partial charge in [0.15, 0.2) is 0 Å². The second-order valence-electron chi connectivity index (χ2n) is 7.41. The highest BCUT2D eigenvalue weighted by molar-refractivity contribution is 7.92. The number of likely N-dealkylation sites (N-methyl/N-ethyl adjacent to an activating group) is 1. The minimum atomic E-state index is -3.95. The van der Waals surface area contributed by atoms with Gasteiger partial charge in [0.05, 0.1) is 17.0 Å². The van der Waals surface area contributed by atoms with Crippen molar-refractivity contribution in [2.75, 3.05) is 23.7 Å². The van der Waals surface area contributed by atoms with E-state index in [1.54, 1.807) is 32.0 Å². The first kappa shape index (κ1) is 28.5. The predicted molar refractivity (Wildman–Crippen MR) is 138 cm³/mol. The molecule has 0 aliphatic heterocycles. The number of halogens is 4. The zero-order chi connectivity index (χ0) is 25.6. The van der Waals surface area contributed by atoms with E-state index < -0.39 is 28.5 Å². The Bertz CT molecular complexity index is 1140.